The minimum Gasteiger partial charge on any atom is -0.508 e. The first-order valence-corrected chi connectivity index (χ1v) is 4.11. The molecule has 76 valence electrons. The second-order valence-corrected chi connectivity index (χ2v) is 2.99. The van der Waals surface area contributed by atoms with Crippen LogP contribution >= 0.6 is 0 Å². The molecule has 1 aromatic carbocycles. The molecule has 0 amide bonds. The van der Waals surface area contributed by atoms with Crippen LogP contribution in [0.4, 0.5) is 0 Å². The highest BCUT2D eigenvalue weighted by Crippen LogP contribution is 2.25. The summed E-state index contributed by atoms with van der Waals surface area (Å²) in [5.41, 5.74) is 1.01. The average Bonchev–Trinajstić information content (AvgIpc) is 2.15. The molecule has 2 N–H and O–H groups in total. The Bertz CT molecular complexity index is 346. The number of ether oxygens (including phenoxy) is 1. The lowest BCUT2D eigenvalue weighted by Gasteiger charge is -2.10. The lowest BCUT2D eigenvalue weighted by atomic mass is 10.1. The van der Waals surface area contributed by atoms with Crippen LogP contribution in [0.3, 0.4) is 0 Å². The predicted octanol–water partition coefficient (Wildman–Crippen LogP) is 0.907. The van der Waals surface area contributed by atoms with E-state index in [1.54, 1.807) is 13.0 Å². The van der Waals surface area contributed by atoms with Gasteiger partial charge >= 0.3 is 5.97 Å². The minimum absolute atomic E-state index is 0.108. The molecule has 0 spiro atoms. The molecular weight excluding hydrogens is 184 g/mol. The van der Waals surface area contributed by atoms with E-state index in [4.69, 9.17) is 0 Å². The number of hydrogen-bond acceptors (Lipinski definition) is 4. The van der Waals surface area contributed by atoms with E-state index in [0.29, 0.717) is 0 Å². The van der Waals surface area contributed by atoms with Gasteiger partial charge in [-0.05, 0) is 18.6 Å². The molecular formula is C10H12O4. The number of methoxy groups -OCH3 is 1. The molecule has 0 saturated carbocycles. The van der Waals surface area contributed by atoms with Crippen molar-refractivity contribution in [2.45, 2.75) is 13.0 Å². The van der Waals surface area contributed by atoms with E-state index in [1.165, 1.54) is 19.2 Å². The molecule has 0 heterocycles. The monoisotopic (exact) mass is 196 g/mol. The number of esters is 1. The third-order valence-corrected chi connectivity index (χ3v) is 1.90. The second-order valence-electron chi connectivity index (χ2n) is 2.99. The summed E-state index contributed by atoms with van der Waals surface area (Å²) >= 11 is 0. The fraction of sp³-hybridized carbons (Fsp3) is 0.300. The number of phenols is 1. The maximum atomic E-state index is 11.0. The van der Waals surface area contributed by atoms with Gasteiger partial charge in [0.2, 0.25) is 0 Å². The van der Waals surface area contributed by atoms with Crippen molar-refractivity contribution < 1.29 is 19.7 Å². The van der Waals surface area contributed by atoms with Crippen LogP contribution < -0.4 is 0 Å². The molecule has 0 bridgehead atoms. The zero-order chi connectivity index (χ0) is 10.7. The number of carbonyl (C=O) groups is 1. The Labute approximate surface area is 81.8 Å². The van der Waals surface area contributed by atoms with E-state index in [-0.39, 0.29) is 11.3 Å². The van der Waals surface area contributed by atoms with Crippen LogP contribution in [-0.4, -0.2) is 23.3 Å². The van der Waals surface area contributed by atoms with Crippen molar-refractivity contribution in [1.82, 2.24) is 0 Å². The van der Waals surface area contributed by atoms with Gasteiger partial charge in [0.25, 0.3) is 0 Å². The van der Waals surface area contributed by atoms with Crippen molar-refractivity contribution in [1.29, 1.82) is 0 Å². The molecule has 0 fully saturated rings. The number of aliphatic hydroxyl groups excluding tert-OH is 1. The van der Waals surface area contributed by atoms with Gasteiger partial charge in [-0.3, -0.25) is 0 Å². The van der Waals surface area contributed by atoms with Gasteiger partial charge in [-0.1, -0.05) is 12.1 Å². The normalized spacial score (nSPS) is 12.2. The van der Waals surface area contributed by atoms with Gasteiger partial charge in [-0.25, -0.2) is 4.79 Å². The quantitative estimate of drug-likeness (QED) is 0.690. The molecule has 0 aliphatic carbocycles. The molecule has 4 heteroatoms. The van der Waals surface area contributed by atoms with Crippen molar-refractivity contribution >= 4 is 5.97 Å². The van der Waals surface area contributed by atoms with E-state index in [2.05, 4.69) is 4.74 Å². The topological polar surface area (TPSA) is 66.8 Å². The van der Waals surface area contributed by atoms with Crippen LogP contribution in [0.2, 0.25) is 0 Å². The van der Waals surface area contributed by atoms with Gasteiger partial charge in [0, 0.05) is 5.56 Å². The van der Waals surface area contributed by atoms with Crippen molar-refractivity contribution in [2.24, 2.45) is 0 Å². The van der Waals surface area contributed by atoms with Crippen LogP contribution in [-0.2, 0) is 9.53 Å². The number of aromatic hydroxyl groups is 1. The number of aryl methyl sites for hydroxylation is 1. The molecule has 0 aliphatic heterocycles. The van der Waals surface area contributed by atoms with E-state index in [1.807, 2.05) is 0 Å². The number of benzene rings is 1. The van der Waals surface area contributed by atoms with Gasteiger partial charge in [-0.15, -0.1) is 0 Å². The molecule has 1 atom stereocenters. The molecule has 1 rings (SSSR count). The molecule has 0 saturated heterocycles. The highest BCUT2D eigenvalue weighted by molar-refractivity contribution is 5.77. The van der Waals surface area contributed by atoms with E-state index < -0.39 is 12.1 Å². The molecule has 4 nitrogen and oxygen atoms in total. The van der Waals surface area contributed by atoms with Crippen LogP contribution in [0, 0.1) is 6.92 Å². The lowest BCUT2D eigenvalue weighted by Crippen LogP contribution is -2.13. The van der Waals surface area contributed by atoms with Gasteiger partial charge < -0.3 is 14.9 Å². The van der Waals surface area contributed by atoms with Crippen molar-refractivity contribution in [3.8, 4) is 5.75 Å². The first-order valence-electron chi connectivity index (χ1n) is 4.11. The SMILES string of the molecule is COC(=O)C(O)c1ccc(C)cc1O. The Balaban J connectivity index is 3.01. The molecule has 0 aromatic heterocycles. The summed E-state index contributed by atoms with van der Waals surface area (Å²) in [4.78, 5) is 11.0. The largest absolute Gasteiger partial charge is 0.508 e. The lowest BCUT2D eigenvalue weighted by molar-refractivity contribution is -0.150. The maximum Gasteiger partial charge on any atom is 0.339 e. The highest BCUT2D eigenvalue weighted by atomic mass is 16.5. The van der Waals surface area contributed by atoms with E-state index >= 15 is 0 Å². The van der Waals surface area contributed by atoms with Crippen molar-refractivity contribution in [3.63, 3.8) is 0 Å². The summed E-state index contributed by atoms with van der Waals surface area (Å²) in [5, 5.41) is 18.9. The van der Waals surface area contributed by atoms with Gasteiger partial charge in [0.1, 0.15) is 5.75 Å². The number of hydrogen-bond donors (Lipinski definition) is 2. The Morgan fingerprint density at radius 2 is 2.14 bits per heavy atom. The summed E-state index contributed by atoms with van der Waals surface area (Å²) < 4.78 is 4.35. The third-order valence-electron chi connectivity index (χ3n) is 1.90. The highest BCUT2D eigenvalue weighted by Gasteiger charge is 2.20. The number of carbonyl (C=O) groups excluding carboxylic acids is 1. The zero-order valence-electron chi connectivity index (χ0n) is 8.02. The summed E-state index contributed by atoms with van der Waals surface area (Å²) in [6.45, 7) is 1.80. The fourth-order valence-electron chi connectivity index (χ4n) is 1.12. The standard InChI is InChI=1S/C10H12O4/c1-6-3-4-7(8(11)5-6)9(12)10(13)14-2/h3-5,9,11-12H,1-2H3. The van der Waals surface area contributed by atoms with Crippen molar-refractivity contribution in [2.75, 3.05) is 7.11 Å². The van der Waals surface area contributed by atoms with Crippen LogP contribution in [0.5, 0.6) is 5.75 Å². The second kappa shape index (κ2) is 4.11. The Hall–Kier alpha value is -1.55. The Morgan fingerprint density at radius 1 is 1.50 bits per heavy atom. The minimum atomic E-state index is -1.43. The number of phenolic OH excluding ortho intramolecular Hbond substituents is 1. The van der Waals surface area contributed by atoms with Gasteiger partial charge in [-0.2, -0.15) is 0 Å². The Morgan fingerprint density at radius 3 is 2.64 bits per heavy atom. The number of rotatable bonds is 2. The van der Waals surface area contributed by atoms with Crippen LogP contribution in [0.25, 0.3) is 0 Å². The molecule has 1 aromatic rings. The van der Waals surface area contributed by atoms with Crippen LogP contribution in [0.1, 0.15) is 17.2 Å². The zero-order valence-corrected chi connectivity index (χ0v) is 8.02. The fourth-order valence-corrected chi connectivity index (χ4v) is 1.12. The first kappa shape index (κ1) is 10.5. The maximum absolute atomic E-state index is 11.0. The summed E-state index contributed by atoms with van der Waals surface area (Å²) in [5.74, 6) is -0.896. The van der Waals surface area contributed by atoms with Crippen LogP contribution in [0.15, 0.2) is 18.2 Å². The van der Waals surface area contributed by atoms with E-state index in [9.17, 15) is 15.0 Å². The predicted molar refractivity (Wildman–Crippen MR) is 49.8 cm³/mol. The molecule has 1 unspecified atom stereocenters. The summed E-state index contributed by atoms with van der Waals surface area (Å²) in [6, 6.07) is 4.66. The molecule has 14 heavy (non-hydrogen) atoms. The first-order chi connectivity index (χ1) is 6.56. The summed E-state index contributed by atoms with van der Waals surface area (Å²) in [6.07, 6.45) is -1.43. The summed E-state index contributed by atoms with van der Waals surface area (Å²) in [7, 11) is 1.18. The molecule has 0 radical (unpaired) electrons. The van der Waals surface area contributed by atoms with Crippen molar-refractivity contribution in [3.05, 3.63) is 29.3 Å². The van der Waals surface area contributed by atoms with Gasteiger partial charge in [0.15, 0.2) is 6.10 Å². The third kappa shape index (κ3) is 2.03. The smallest absolute Gasteiger partial charge is 0.339 e. The molecule has 0 aliphatic rings. The van der Waals surface area contributed by atoms with E-state index in [0.717, 1.165) is 5.56 Å². The van der Waals surface area contributed by atoms with Gasteiger partial charge in [0.05, 0.1) is 7.11 Å². The average molecular weight is 196 g/mol. The number of aliphatic hydroxyl groups is 1. The Kier molecular flexibility index (Phi) is 3.09.